The summed E-state index contributed by atoms with van der Waals surface area (Å²) in [4.78, 5) is 39.1. The number of fused-ring (bicyclic) bond motifs is 1. The summed E-state index contributed by atoms with van der Waals surface area (Å²) in [6.45, 7) is 3.39. The van der Waals surface area contributed by atoms with Crippen LogP contribution in [0.4, 0.5) is 26.7 Å². The molecule has 2 aliphatic rings. The summed E-state index contributed by atoms with van der Waals surface area (Å²) in [7, 11) is 1.51. The normalized spacial score (nSPS) is 18.0. The van der Waals surface area contributed by atoms with Gasteiger partial charge in [0.25, 0.3) is 0 Å². The Balaban J connectivity index is 1.90. The zero-order chi connectivity index (χ0) is 21.6. The van der Waals surface area contributed by atoms with Gasteiger partial charge in [-0.3, -0.25) is 14.4 Å². The topological polar surface area (TPSA) is 120 Å². The molecule has 2 heterocycles. The van der Waals surface area contributed by atoms with Gasteiger partial charge < -0.3 is 20.6 Å². The molecule has 1 unspecified atom stereocenters. The van der Waals surface area contributed by atoms with E-state index in [1.54, 1.807) is 30.2 Å². The van der Waals surface area contributed by atoms with Crippen molar-refractivity contribution in [1.29, 1.82) is 0 Å². The largest absolute Gasteiger partial charge is 0.465 e. The van der Waals surface area contributed by atoms with E-state index in [0.29, 0.717) is 28.7 Å². The van der Waals surface area contributed by atoms with Gasteiger partial charge in [0.2, 0.25) is 5.91 Å². The molecule has 158 valence electrons. The predicted octanol–water partition coefficient (Wildman–Crippen LogP) is 2.88. The minimum Gasteiger partial charge on any atom is -0.465 e. The van der Waals surface area contributed by atoms with Gasteiger partial charge in [-0.2, -0.15) is 5.10 Å². The molecular weight excluding hydrogens is 388 g/mol. The summed E-state index contributed by atoms with van der Waals surface area (Å²) < 4.78 is 1.89. The van der Waals surface area contributed by atoms with Crippen molar-refractivity contribution in [3.8, 4) is 11.1 Å². The van der Waals surface area contributed by atoms with Crippen LogP contribution in [0.25, 0.3) is 11.1 Å². The van der Waals surface area contributed by atoms with E-state index < -0.39 is 12.1 Å². The van der Waals surface area contributed by atoms with Crippen LogP contribution in [-0.2, 0) is 4.79 Å². The number of amides is 4. The average molecular weight is 412 g/mol. The zero-order valence-electron chi connectivity index (χ0n) is 17.0. The van der Waals surface area contributed by atoms with E-state index in [-0.39, 0.29) is 18.5 Å². The van der Waals surface area contributed by atoms with Crippen LogP contribution in [0.1, 0.15) is 32.7 Å². The molecular formula is C20H24N6O4. The van der Waals surface area contributed by atoms with Crippen molar-refractivity contribution in [3.63, 3.8) is 0 Å². The second kappa shape index (κ2) is 7.36. The van der Waals surface area contributed by atoms with Crippen LogP contribution in [0.5, 0.6) is 0 Å². The molecule has 0 saturated heterocycles. The first-order valence-electron chi connectivity index (χ1n) is 9.81. The van der Waals surface area contributed by atoms with Crippen molar-refractivity contribution < 1.29 is 19.5 Å². The fourth-order valence-electron chi connectivity index (χ4n) is 3.87. The van der Waals surface area contributed by atoms with Crippen molar-refractivity contribution in [3.05, 3.63) is 24.5 Å². The lowest BCUT2D eigenvalue weighted by Gasteiger charge is -2.40. The molecule has 1 aliphatic heterocycles. The van der Waals surface area contributed by atoms with Crippen molar-refractivity contribution in [2.45, 2.75) is 38.8 Å². The number of carbonyl (C=O) groups excluding carboxylic acids is 2. The number of nitrogens with one attached hydrogen (secondary N) is 2. The summed E-state index contributed by atoms with van der Waals surface area (Å²) in [5.41, 5.74) is 2.69. The molecule has 30 heavy (non-hydrogen) atoms. The maximum Gasteiger partial charge on any atom is 0.411 e. The molecule has 3 N–H and O–H groups in total. The predicted molar refractivity (Wildman–Crippen MR) is 112 cm³/mol. The third kappa shape index (κ3) is 3.44. The molecule has 1 aromatic heterocycles. The van der Waals surface area contributed by atoms with Gasteiger partial charge in [-0.25, -0.2) is 9.59 Å². The molecule has 0 radical (unpaired) electrons. The summed E-state index contributed by atoms with van der Waals surface area (Å²) in [6, 6.07) is 2.98. The highest BCUT2D eigenvalue weighted by molar-refractivity contribution is 6.06. The Hall–Kier alpha value is -3.56. The van der Waals surface area contributed by atoms with E-state index in [9.17, 15) is 19.5 Å². The van der Waals surface area contributed by atoms with Gasteiger partial charge in [0.1, 0.15) is 0 Å². The monoisotopic (exact) mass is 412 g/mol. The Bertz CT molecular complexity index is 1030. The third-order valence-electron chi connectivity index (χ3n) is 5.43. The summed E-state index contributed by atoms with van der Waals surface area (Å²) >= 11 is 0. The molecule has 10 heteroatoms. The first-order chi connectivity index (χ1) is 14.3. The van der Waals surface area contributed by atoms with E-state index in [4.69, 9.17) is 0 Å². The molecule has 1 aliphatic carbocycles. The summed E-state index contributed by atoms with van der Waals surface area (Å²) in [5, 5.41) is 19.5. The SMILES string of the molecule is CNC(=O)Nc1cc2c(cc1-c1cnn(C3CC3)c1)N(C(=O)O)CC(C)N2C(C)=O. The van der Waals surface area contributed by atoms with Gasteiger partial charge in [0, 0.05) is 37.8 Å². The van der Waals surface area contributed by atoms with Gasteiger partial charge in [0.05, 0.1) is 35.3 Å². The Kier molecular flexibility index (Phi) is 4.84. The van der Waals surface area contributed by atoms with Gasteiger partial charge >= 0.3 is 12.1 Å². The quantitative estimate of drug-likeness (QED) is 0.716. The van der Waals surface area contributed by atoms with Crippen molar-refractivity contribution in [2.75, 3.05) is 28.7 Å². The Morgan fingerprint density at radius 2 is 1.93 bits per heavy atom. The second-order valence-electron chi connectivity index (χ2n) is 7.66. The molecule has 1 fully saturated rings. The fraction of sp³-hybridized carbons (Fsp3) is 0.400. The minimum absolute atomic E-state index is 0.158. The number of urea groups is 1. The number of anilines is 3. The number of carboxylic acid groups (broad SMARTS) is 1. The van der Waals surface area contributed by atoms with Gasteiger partial charge in [-0.05, 0) is 31.9 Å². The second-order valence-corrected chi connectivity index (χ2v) is 7.66. The van der Waals surface area contributed by atoms with Gasteiger partial charge in [-0.15, -0.1) is 0 Å². The highest BCUT2D eigenvalue weighted by Crippen LogP contribution is 2.44. The van der Waals surface area contributed by atoms with E-state index in [2.05, 4.69) is 15.7 Å². The summed E-state index contributed by atoms with van der Waals surface area (Å²) in [5.74, 6) is -0.200. The van der Waals surface area contributed by atoms with Crippen LogP contribution in [-0.4, -0.2) is 52.6 Å². The molecule has 4 amide bonds. The first kappa shape index (κ1) is 19.7. The number of hydrogen-bond acceptors (Lipinski definition) is 4. The van der Waals surface area contributed by atoms with E-state index in [1.165, 1.54) is 18.9 Å². The molecule has 1 atom stereocenters. The highest BCUT2D eigenvalue weighted by Gasteiger charge is 2.35. The lowest BCUT2D eigenvalue weighted by molar-refractivity contribution is -0.117. The van der Waals surface area contributed by atoms with Crippen molar-refractivity contribution in [1.82, 2.24) is 15.1 Å². The lowest BCUT2D eigenvalue weighted by atomic mass is 10.0. The van der Waals surface area contributed by atoms with E-state index in [1.807, 2.05) is 10.9 Å². The highest BCUT2D eigenvalue weighted by atomic mass is 16.4. The number of nitrogens with zero attached hydrogens (tertiary/aromatic N) is 4. The fourth-order valence-corrected chi connectivity index (χ4v) is 3.87. The number of rotatable bonds is 3. The third-order valence-corrected chi connectivity index (χ3v) is 5.43. The van der Waals surface area contributed by atoms with Crippen LogP contribution in [0.3, 0.4) is 0 Å². The molecule has 10 nitrogen and oxygen atoms in total. The Morgan fingerprint density at radius 1 is 1.20 bits per heavy atom. The molecule has 2 aromatic rings. The number of benzene rings is 1. The molecule has 0 spiro atoms. The molecule has 1 saturated carbocycles. The number of carbonyl (C=O) groups is 3. The number of aromatic nitrogens is 2. The van der Waals surface area contributed by atoms with E-state index in [0.717, 1.165) is 18.4 Å². The maximum absolute atomic E-state index is 12.3. The average Bonchev–Trinajstić information content (AvgIpc) is 3.43. The summed E-state index contributed by atoms with van der Waals surface area (Å²) in [6.07, 6.45) is 4.65. The minimum atomic E-state index is -1.10. The first-order valence-corrected chi connectivity index (χ1v) is 9.81. The van der Waals surface area contributed by atoms with Crippen LogP contribution in [0.15, 0.2) is 24.5 Å². The van der Waals surface area contributed by atoms with E-state index >= 15 is 0 Å². The van der Waals surface area contributed by atoms with Gasteiger partial charge in [0.15, 0.2) is 0 Å². The van der Waals surface area contributed by atoms with Crippen LogP contribution < -0.4 is 20.4 Å². The lowest BCUT2D eigenvalue weighted by Crippen LogP contribution is -2.51. The van der Waals surface area contributed by atoms with Crippen molar-refractivity contribution >= 4 is 35.1 Å². The zero-order valence-corrected chi connectivity index (χ0v) is 17.0. The van der Waals surface area contributed by atoms with Crippen molar-refractivity contribution in [2.24, 2.45) is 0 Å². The number of hydrogen-bond donors (Lipinski definition) is 3. The Labute approximate surface area is 173 Å². The Morgan fingerprint density at radius 3 is 2.53 bits per heavy atom. The van der Waals surface area contributed by atoms with Gasteiger partial charge in [-0.1, -0.05) is 0 Å². The maximum atomic E-state index is 12.3. The molecule has 0 bridgehead atoms. The molecule has 1 aromatic carbocycles. The van der Waals surface area contributed by atoms with Crippen LogP contribution in [0, 0.1) is 0 Å². The van der Waals surface area contributed by atoms with Crippen LogP contribution in [0.2, 0.25) is 0 Å². The van der Waals surface area contributed by atoms with Crippen LogP contribution >= 0.6 is 0 Å². The standard InChI is InChI=1S/C20H24N6O4/c1-11-9-24(20(29)30)17-6-15(13-8-22-25(10-13)14-4-5-14)16(23-19(28)21-3)7-18(17)26(11)12(2)27/h6-8,10-11,14H,4-5,9H2,1-3H3,(H,29,30)(H2,21,23,28). The smallest absolute Gasteiger partial charge is 0.411 e. The molecule has 4 rings (SSSR count).